The Bertz CT molecular complexity index is 1320. The van der Waals surface area contributed by atoms with Crippen LogP contribution in [0.1, 0.15) is 56.6 Å². The molecule has 3 aromatic rings. The van der Waals surface area contributed by atoms with Crippen LogP contribution in [-0.4, -0.2) is 44.7 Å². The van der Waals surface area contributed by atoms with Crippen LogP contribution in [0.25, 0.3) is 11.2 Å². The lowest BCUT2D eigenvalue weighted by Gasteiger charge is -2.29. The van der Waals surface area contributed by atoms with Crippen molar-refractivity contribution < 1.29 is 18.3 Å². The van der Waals surface area contributed by atoms with E-state index < -0.39 is 17.3 Å². The quantitative estimate of drug-likeness (QED) is 0.453. The number of imidazole rings is 1. The molecule has 4 N–H and O–H groups in total. The number of halogens is 2. The lowest BCUT2D eigenvalue weighted by Crippen LogP contribution is -2.29. The summed E-state index contributed by atoms with van der Waals surface area (Å²) in [7, 11) is 0. The minimum atomic E-state index is -0.906. The molecule has 1 aliphatic heterocycles. The van der Waals surface area contributed by atoms with E-state index in [-0.39, 0.29) is 35.4 Å². The molecule has 1 atom stereocenters. The Morgan fingerprint density at radius 2 is 1.86 bits per heavy atom. The Morgan fingerprint density at radius 1 is 1.11 bits per heavy atom. The van der Waals surface area contributed by atoms with Gasteiger partial charge in [-0.2, -0.15) is 10.2 Å². The van der Waals surface area contributed by atoms with Gasteiger partial charge in [0.1, 0.15) is 11.2 Å². The number of nitriles is 1. The standard InChI is InChI=1S/C25H28F2N8O2/c26-18-10-14(12-28)11-19(27)21(18)33-25-32-20-13-30-24(31-16-2-1-8-37-9-7-16)34-23(20)35(25)17-5-3-15(4-6-17)22(29)36/h10-11,13,15-17H,1-9H2,(H2,29,36)(H,32,33)(H,30,31,34)/t15-,16?,17+. The van der Waals surface area contributed by atoms with E-state index in [2.05, 4.69) is 20.6 Å². The van der Waals surface area contributed by atoms with Gasteiger partial charge in [-0.1, -0.05) is 0 Å². The van der Waals surface area contributed by atoms with Crippen LogP contribution in [0.4, 0.5) is 26.4 Å². The van der Waals surface area contributed by atoms with Crippen LogP contribution >= 0.6 is 0 Å². The van der Waals surface area contributed by atoms with E-state index in [1.807, 2.05) is 4.57 Å². The molecule has 0 spiro atoms. The van der Waals surface area contributed by atoms with Gasteiger partial charge in [0.25, 0.3) is 0 Å². The van der Waals surface area contributed by atoms with Crippen LogP contribution in [0, 0.1) is 28.9 Å². The molecule has 1 unspecified atom stereocenters. The van der Waals surface area contributed by atoms with Crippen molar-refractivity contribution in [2.75, 3.05) is 23.8 Å². The summed E-state index contributed by atoms with van der Waals surface area (Å²) in [6.07, 6.45) is 6.73. The van der Waals surface area contributed by atoms with Gasteiger partial charge in [0, 0.05) is 31.2 Å². The van der Waals surface area contributed by atoms with Crippen LogP contribution < -0.4 is 16.4 Å². The van der Waals surface area contributed by atoms with Crippen molar-refractivity contribution in [3.63, 3.8) is 0 Å². The summed E-state index contributed by atoms with van der Waals surface area (Å²) in [6, 6.07) is 3.72. The van der Waals surface area contributed by atoms with Crippen molar-refractivity contribution in [2.24, 2.45) is 11.7 Å². The third-order valence-electron chi connectivity index (χ3n) is 7.09. The van der Waals surface area contributed by atoms with Gasteiger partial charge in [0.15, 0.2) is 17.3 Å². The molecule has 0 radical (unpaired) electrons. The molecule has 37 heavy (non-hydrogen) atoms. The second-order valence-corrected chi connectivity index (χ2v) is 9.55. The summed E-state index contributed by atoms with van der Waals surface area (Å²) in [6.45, 7) is 1.40. The topological polar surface area (TPSA) is 144 Å². The third-order valence-corrected chi connectivity index (χ3v) is 7.09. The number of benzene rings is 1. The number of rotatable bonds is 6. The molecule has 12 heteroatoms. The number of fused-ring (bicyclic) bond motifs is 1. The average Bonchev–Trinajstić information content (AvgIpc) is 3.04. The fraction of sp³-hybridized carbons (Fsp3) is 0.480. The Balaban J connectivity index is 1.52. The first-order valence-corrected chi connectivity index (χ1v) is 12.5. The van der Waals surface area contributed by atoms with Gasteiger partial charge in [-0.25, -0.2) is 18.7 Å². The summed E-state index contributed by atoms with van der Waals surface area (Å²) in [5, 5.41) is 15.2. The number of carbonyl (C=O) groups is 1. The highest BCUT2D eigenvalue weighted by Crippen LogP contribution is 2.37. The number of amides is 1. The summed E-state index contributed by atoms with van der Waals surface area (Å²) < 4.78 is 36.8. The predicted octanol–water partition coefficient (Wildman–Crippen LogP) is 3.92. The van der Waals surface area contributed by atoms with Crippen LogP contribution in [0.5, 0.6) is 0 Å². The minimum absolute atomic E-state index is 0.121. The highest BCUT2D eigenvalue weighted by atomic mass is 19.1. The maximum absolute atomic E-state index is 14.7. The van der Waals surface area contributed by atoms with Crippen molar-refractivity contribution in [1.29, 1.82) is 5.26 Å². The fourth-order valence-corrected chi connectivity index (χ4v) is 5.11. The van der Waals surface area contributed by atoms with Gasteiger partial charge in [-0.05, 0) is 57.1 Å². The fourth-order valence-electron chi connectivity index (χ4n) is 5.11. The van der Waals surface area contributed by atoms with Crippen molar-refractivity contribution >= 4 is 34.7 Å². The van der Waals surface area contributed by atoms with E-state index in [9.17, 15) is 13.6 Å². The molecule has 1 aromatic carbocycles. The molecule has 5 rings (SSSR count). The SMILES string of the molecule is N#Cc1cc(F)c(Nc2nc3cnc(NC4CCCOCC4)nc3n2[C@H]2CC[C@@H](C(N)=O)CC2)c(F)c1. The van der Waals surface area contributed by atoms with E-state index in [1.165, 1.54) is 0 Å². The van der Waals surface area contributed by atoms with Gasteiger partial charge in [0.05, 0.1) is 17.8 Å². The van der Waals surface area contributed by atoms with Gasteiger partial charge in [-0.3, -0.25) is 9.36 Å². The first-order valence-electron chi connectivity index (χ1n) is 12.5. The molecule has 1 amide bonds. The van der Waals surface area contributed by atoms with Gasteiger partial charge >= 0.3 is 0 Å². The van der Waals surface area contributed by atoms with Crippen molar-refractivity contribution in [1.82, 2.24) is 19.5 Å². The smallest absolute Gasteiger partial charge is 0.224 e. The number of hydrogen-bond donors (Lipinski definition) is 3. The first kappa shape index (κ1) is 24.8. The van der Waals surface area contributed by atoms with E-state index in [1.54, 1.807) is 12.3 Å². The summed E-state index contributed by atoms with van der Waals surface area (Å²) >= 11 is 0. The van der Waals surface area contributed by atoms with E-state index in [4.69, 9.17) is 20.7 Å². The van der Waals surface area contributed by atoms with Crippen LogP contribution in [0.15, 0.2) is 18.3 Å². The van der Waals surface area contributed by atoms with Crippen LogP contribution in [0.2, 0.25) is 0 Å². The molecule has 2 fully saturated rings. The van der Waals surface area contributed by atoms with E-state index in [0.717, 1.165) is 38.0 Å². The Labute approximate surface area is 212 Å². The molecule has 194 valence electrons. The highest BCUT2D eigenvalue weighted by Gasteiger charge is 2.30. The molecule has 2 aliphatic rings. The second-order valence-electron chi connectivity index (χ2n) is 9.55. The molecule has 1 saturated carbocycles. The number of nitrogens with zero attached hydrogens (tertiary/aromatic N) is 5. The molecule has 1 aliphatic carbocycles. The number of aromatic nitrogens is 4. The minimum Gasteiger partial charge on any atom is -0.381 e. The highest BCUT2D eigenvalue weighted by molar-refractivity contribution is 5.78. The number of anilines is 3. The van der Waals surface area contributed by atoms with E-state index in [0.29, 0.717) is 49.4 Å². The predicted molar refractivity (Wildman–Crippen MR) is 132 cm³/mol. The second kappa shape index (κ2) is 10.6. The average molecular weight is 511 g/mol. The molecule has 2 aromatic heterocycles. The molecule has 10 nitrogen and oxygen atoms in total. The summed E-state index contributed by atoms with van der Waals surface area (Å²) in [5.74, 6) is -1.70. The molecule has 3 heterocycles. The van der Waals surface area contributed by atoms with Gasteiger partial charge in [-0.15, -0.1) is 0 Å². The van der Waals surface area contributed by atoms with Crippen molar-refractivity contribution in [3.8, 4) is 6.07 Å². The van der Waals surface area contributed by atoms with Crippen LogP contribution in [-0.2, 0) is 9.53 Å². The number of ether oxygens (including phenoxy) is 1. The maximum Gasteiger partial charge on any atom is 0.224 e. The monoisotopic (exact) mass is 510 g/mol. The zero-order chi connectivity index (χ0) is 25.9. The van der Waals surface area contributed by atoms with Gasteiger partial charge in [0.2, 0.25) is 17.8 Å². The first-order chi connectivity index (χ1) is 17.9. The Hall–Kier alpha value is -3.85. The number of primary amides is 1. The lowest BCUT2D eigenvalue weighted by atomic mass is 9.85. The zero-order valence-corrected chi connectivity index (χ0v) is 20.2. The molecule has 0 bridgehead atoms. The van der Waals surface area contributed by atoms with Crippen molar-refractivity contribution in [3.05, 3.63) is 35.5 Å². The lowest BCUT2D eigenvalue weighted by molar-refractivity contribution is -0.122. The summed E-state index contributed by atoms with van der Waals surface area (Å²) in [4.78, 5) is 25.4. The molecule has 1 saturated heterocycles. The van der Waals surface area contributed by atoms with E-state index >= 15 is 0 Å². The maximum atomic E-state index is 14.7. The third kappa shape index (κ3) is 5.32. The number of hydrogen-bond acceptors (Lipinski definition) is 8. The Kier molecular flexibility index (Phi) is 7.14. The zero-order valence-electron chi connectivity index (χ0n) is 20.2. The Morgan fingerprint density at radius 3 is 2.57 bits per heavy atom. The normalized spacial score (nSPS) is 22.2. The van der Waals surface area contributed by atoms with Crippen molar-refractivity contribution in [2.45, 2.75) is 57.0 Å². The molecular formula is C25H28F2N8O2. The number of carbonyl (C=O) groups excluding carboxylic acids is 1. The van der Waals surface area contributed by atoms with Crippen LogP contribution in [0.3, 0.4) is 0 Å². The summed E-state index contributed by atoms with van der Waals surface area (Å²) in [5.41, 5.74) is 5.96. The van der Waals surface area contributed by atoms with Gasteiger partial charge < -0.3 is 21.1 Å². The largest absolute Gasteiger partial charge is 0.381 e. The molecular weight excluding hydrogens is 482 g/mol. The number of nitrogens with one attached hydrogen (secondary N) is 2. The number of nitrogens with two attached hydrogens (primary N) is 1.